The molecule has 0 spiro atoms. The van der Waals surface area contributed by atoms with Crippen LogP contribution in [-0.2, 0) is 0 Å². The minimum absolute atomic E-state index is 0.395. The highest BCUT2D eigenvalue weighted by atomic mass is 79.9. The first-order chi connectivity index (χ1) is 8.98. The fourth-order valence-electron chi connectivity index (χ4n) is 3.47. The minimum atomic E-state index is 0.395. The van der Waals surface area contributed by atoms with Gasteiger partial charge in [-0.2, -0.15) is 0 Å². The highest BCUT2D eigenvalue weighted by Gasteiger charge is 2.35. The van der Waals surface area contributed by atoms with E-state index < -0.39 is 0 Å². The van der Waals surface area contributed by atoms with Gasteiger partial charge in [-0.05, 0) is 48.8 Å². The van der Waals surface area contributed by atoms with E-state index >= 15 is 0 Å². The normalized spacial score (nSPS) is 20.1. The maximum Gasteiger partial charge on any atom is 0.124 e. The fourth-order valence-corrected chi connectivity index (χ4v) is 4.19. The Morgan fingerprint density at radius 3 is 2.11 bits per heavy atom. The first kappa shape index (κ1) is 14.9. The maximum atomic E-state index is 5.47. The van der Waals surface area contributed by atoms with Crippen molar-refractivity contribution in [2.45, 2.75) is 57.7 Å². The smallest absolute Gasteiger partial charge is 0.124 e. The summed E-state index contributed by atoms with van der Waals surface area (Å²) >= 11 is 3.98. The Kier molecular flexibility index (Phi) is 4.60. The number of methoxy groups -OCH3 is 1. The Balaban J connectivity index is 2.31. The van der Waals surface area contributed by atoms with Crippen LogP contribution in [0.25, 0.3) is 0 Å². The first-order valence-corrected chi connectivity index (χ1v) is 8.19. The molecule has 0 aliphatic heterocycles. The lowest BCUT2D eigenvalue weighted by Crippen LogP contribution is -2.25. The van der Waals surface area contributed by atoms with Crippen LogP contribution >= 0.6 is 15.9 Å². The second-order valence-electron chi connectivity index (χ2n) is 6.27. The van der Waals surface area contributed by atoms with Gasteiger partial charge in [0.25, 0.3) is 0 Å². The minimum Gasteiger partial charge on any atom is -0.496 e. The number of aryl methyl sites for hydroxylation is 2. The largest absolute Gasteiger partial charge is 0.496 e. The number of rotatable bonds is 3. The second kappa shape index (κ2) is 5.87. The van der Waals surface area contributed by atoms with Crippen molar-refractivity contribution in [3.63, 3.8) is 0 Å². The predicted molar refractivity (Wildman–Crippen MR) is 85.3 cm³/mol. The van der Waals surface area contributed by atoms with Crippen molar-refractivity contribution in [1.82, 2.24) is 0 Å². The summed E-state index contributed by atoms with van der Waals surface area (Å²) in [5.41, 5.74) is 4.27. The van der Waals surface area contributed by atoms with Gasteiger partial charge in [-0.1, -0.05) is 54.2 Å². The molecule has 106 valence electrons. The zero-order valence-electron chi connectivity index (χ0n) is 12.6. The molecule has 0 heterocycles. The van der Waals surface area contributed by atoms with Crippen molar-refractivity contribution >= 4 is 15.9 Å². The van der Waals surface area contributed by atoms with E-state index in [9.17, 15) is 0 Å². The highest BCUT2D eigenvalue weighted by Crippen LogP contribution is 2.50. The summed E-state index contributed by atoms with van der Waals surface area (Å²) in [6.07, 6.45) is 6.79. The van der Waals surface area contributed by atoms with Gasteiger partial charge in [-0.25, -0.2) is 0 Å². The molecule has 1 aromatic carbocycles. The van der Waals surface area contributed by atoms with Gasteiger partial charge in [0.2, 0.25) is 0 Å². The van der Waals surface area contributed by atoms with E-state index in [1.807, 2.05) is 0 Å². The van der Waals surface area contributed by atoms with E-state index in [4.69, 9.17) is 4.74 Å². The van der Waals surface area contributed by atoms with Gasteiger partial charge in [-0.15, -0.1) is 0 Å². The van der Waals surface area contributed by atoms with Crippen LogP contribution in [-0.4, -0.2) is 7.11 Å². The van der Waals surface area contributed by atoms with Gasteiger partial charge in [0.05, 0.1) is 7.11 Å². The summed E-state index contributed by atoms with van der Waals surface area (Å²) in [5.74, 6) is 1.03. The van der Waals surface area contributed by atoms with Gasteiger partial charge >= 0.3 is 0 Å². The molecule has 2 heteroatoms. The van der Waals surface area contributed by atoms with E-state index in [1.54, 1.807) is 7.11 Å². The highest BCUT2D eigenvalue weighted by molar-refractivity contribution is 9.09. The van der Waals surface area contributed by atoms with Crippen LogP contribution in [0.4, 0.5) is 0 Å². The lowest BCUT2D eigenvalue weighted by molar-refractivity contribution is 0.212. The van der Waals surface area contributed by atoms with Gasteiger partial charge < -0.3 is 4.74 Å². The van der Waals surface area contributed by atoms with Crippen LogP contribution in [0.1, 0.15) is 60.5 Å². The molecule has 1 fully saturated rings. The lowest BCUT2D eigenvalue weighted by Gasteiger charge is -2.38. The number of ether oxygens (including phenoxy) is 1. The Morgan fingerprint density at radius 1 is 1.11 bits per heavy atom. The zero-order valence-corrected chi connectivity index (χ0v) is 14.1. The SMILES string of the molecule is COc1c(C)cc(C(Br)C2(C)CCCCC2)cc1C. The standard InChI is InChI=1S/C17H25BrO/c1-12-10-14(11-13(2)15(12)19-4)16(18)17(3)8-6-5-7-9-17/h10-11,16H,5-9H2,1-4H3. The first-order valence-electron chi connectivity index (χ1n) is 7.27. The third-order valence-corrected chi connectivity index (χ3v) is 6.22. The monoisotopic (exact) mass is 324 g/mol. The molecule has 1 aliphatic carbocycles. The third kappa shape index (κ3) is 2.99. The number of benzene rings is 1. The third-order valence-electron chi connectivity index (χ3n) is 4.59. The number of hydrogen-bond donors (Lipinski definition) is 0. The molecule has 0 radical (unpaired) electrons. The topological polar surface area (TPSA) is 9.23 Å². The molecule has 2 rings (SSSR count). The molecule has 1 aromatic rings. The molecular weight excluding hydrogens is 300 g/mol. The number of hydrogen-bond acceptors (Lipinski definition) is 1. The Labute approximate surface area is 125 Å². The lowest BCUT2D eigenvalue weighted by atomic mass is 9.71. The van der Waals surface area contributed by atoms with Crippen LogP contribution in [0, 0.1) is 19.3 Å². The van der Waals surface area contributed by atoms with E-state index in [1.165, 1.54) is 48.8 Å². The van der Waals surface area contributed by atoms with Crippen LogP contribution in [0.2, 0.25) is 0 Å². The van der Waals surface area contributed by atoms with Crippen LogP contribution in [0.5, 0.6) is 5.75 Å². The van der Waals surface area contributed by atoms with Crippen molar-refractivity contribution in [2.24, 2.45) is 5.41 Å². The summed E-state index contributed by atoms with van der Waals surface area (Å²) in [6, 6.07) is 4.57. The van der Waals surface area contributed by atoms with Crippen molar-refractivity contribution in [1.29, 1.82) is 0 Å². The van der Waals surface area contributed by atoms with Gasteiger partial charge in [-0.3, -0.25) is 0 Å². The Bertz CT molecular complexity index is 424. The van der Waals surface area contributed by atoms with Crippen molar-refractivity contribution in [2.75, 3.05) is 7.11 Å². The molecule has 19 heavy (non-hydrogen) atoms. The molecule has 1 saturated carbocycles. The molecule has 1 aliphatic rings. The summed E-state index contributed by atoms with van der Waals surface area (Å²) in [7, 11) is 1.75. The van der Waals surface area contributed by atoms with Crippen LogP contribution < -0.4 is 4.74 Å². The number of halogens is 1. The van der Waals surface area contributed by atoms with Crippen molar-refractivity contribution < 1.29 is 4.74 Å². The molecule has 1 nitrogen and oxygen atoms in total. The quantitative estimate of drug-likeness (QED) is 0.646. The van der Waals surface area contributed by atoms with Gasteiger partial charge in [0.15, 0.2) is 0 Å². The van der Waals surface area contributed by atoms with Crippen LogP contribution in [0.3, 0.4) is 0 Å². The van der Waals surface area contributed by atoms with Crippen molar-refractivity contribution in [3.05, 3.63) is 28.8 Å². The molecule has 0 saturated heterocycles. The summed E-state index contributed by atoms with van der Waals surface area (Å²) in [6.45, 7) is 6.71. The summed E-state index contributed by atoms with van der Waals surface area (Å²) < 4.78 is 5.47. The number of alkyl halides is 1. The Morgan fingerprint density at radius 2 is 1.63 bits per heavy atom. The summed E-state index contributed by atoms with van der Waals surface area (Å²) in [5, 5.41) is 0. The molecule has 0 N–H and O–H groups in total. The van der Waals surface area contributed by atoms with Gasteiger partial charge in [0.1, 0.15) is 5.75 Å². The molecule has 0 bridgehead atoms. The predicted octanol–water partition coefficient (Wildman–Crippen LogP) is 5.72. The van der Waals surface area contributed by atoms with E-state index in [0.29, 0.717) is 10.2 Å². The molecule has 1 unspecified atom stereocenters. The van der Waals surface area contributed by atoms with Gasteiger partial charge in [0, 0.05) is 4.83 Å². The zero-order chi connectivity index (χ0) is 14.0. The van der Waals surface area contributed by atoms with E-state index in [2.05, 4.69) is 48.8 Å². The molecule has 1 atom stereocenters. The molecule has 0 aromatic heterocycles. The fraction of sp³-hybridized carbons (Fsp3) is 0.647. The summed E-state index contributed by atoms with van der Waals surface area (Å²) in [4.78, 5) is 0.448. The Hall–Kier alpha value is -0.500. The van der Waals surface area contributed by atoms with E-state index in [-0.39, 0.29) is 0 Å². The molecular formula is C17H25BrO. The van der Waals surface area contributed by atoms with Crippen molar-refractivity contribution in [3.8, 4) is 5.75 Å². The second-order valence-corrected chi connectivity index (χ2v) is 7.18. The average Bonchev–Trinajstić information content (AvgIpc) is 2.38. The van der Waals surface area contributed by atoms with E-state index in [0.717, 1.165) is 5.75 Å². The maximum absolute atomic E-state index is 5.47. The average molecular weight is 325 g/mol. The molecule has 0 amide bonds. The van der Waals surface area contributed by atoms with Crippen LogP contribution in [0.15, 0.2) is 12.1 Å².